The molecule has 4 nitrogen and oxygen atoms in total. The maximum Gasteiger partial charge on any atom is 0.231 e. The normalized spacial score (nSPS) is 20.0. The first-order valence-corrected chi connectivity index (χ1v) is 7.96. The zero-order chi connectivity index (χ0) is 16.0. The van der Waals surface area contributed by atoms with Crippen molar-refractivity contribution in [2.75, 3.05) is 4.90 Å². The van der Waals surface area contributed by atoms with Crippen molar-refractivity contribution >= 4 is 23.2 Å². The van der Waals surface area contributed by atoms with E-state index in [9.17, 15) is 4.79 Å². The molecule has 2 aromatic carbocycles. The monoisotopic (exact) mass is 305 g/mol. The van der Waals surface area contributed by atoms with Gasteiger partial charge in [-0.3, -0.25) is 9.69 Å². The van der Waals surface area contributed by atoms with Crippen LogP contribution in [0.4, 0.5) is 11.4 Å². The zero-order valence-corrected chi connectivity index (χ0v) is 13.4. The Hall–Kier alpha value is -2.62. The number of aliphatic imine (C=N–C) groups is 1. The van der Waals surface area contributed by atoms with Crippen LogP contribution in [0.5, 0.6) is 0 Å². The summed E-state index contributed by atoms with van der Waals surface area (Å²) in [5.41, 5.74) is 4.36. The molecule has 0 aliphatic carbocycles. The highest BCUT2D eigenvalue weighted by atomic mass is 16.2. The average Bonchev–Trinajstić information content (AvgIpc) is 2.55. The van der Waals surface area contributed by atoms with Gasteiger partial charge < -0.3 is 4.90 Å². The molecule has 1 saturated heterocycles. The van der Waals surface area contributed by atoms with E-state index < -0.39 is 0 Å². The van der Waals surface area contributed by atoms with Crippen LogP contribution in [-0.4, -0.2) is 22.8 Å². The Labute approximate surface area is 136 Å². The molecule has 2 aliphatic rings. The number of hydrogen-bond acceptors (Lipinski definition) is 3. The van der Waals surface area contributed by atoms with E-state index in [2.05, 4.69) is 43.0 Å². The standard InChI is InChI=1S/C19H19N3O/c1-13-7-9-16(10-8-13)22-14(2)11-18(23)21-12-15-5-3-4-6-17(15)20-19(21)22/h3-10,14H,11-12H2,1-2H3. The number of para-hydroxylation sites is 1. The van der Waals surface area contributed by atoms with Gasteiger partial charge in [0, 0.05) is 18.2 Å². The molecule has 0 N–H and O–H groups in total. The number of carbonyl (C=O) groups excluding carboxylic acids is 1. The summed E-state index contributed by atoms with van der Waals surface area (Å²) in [6.07, 6.45) is 0.509. The van der Waals surface area contributed by atoms with Crippen molar-refractivity contribution in [1.82, 2.24) is 4.90 Å². The molecule has 0 saturated carbocycles. The molecule has 2 aromatic rings. The van der Waals surface area contributed by atoms with Crippen LogP contribution in [0.2, 0.25) is 0 Å². The highest BCUT2D eigenvalue weighted by Gasteiger charge is 2.37. The van der Waals surface area contributed by atoms with E-state index in [4.69, 9.17) is 4.99 Å². The first-order valence-electron chi connectivity index (χ1n) is 7.96. The molecule has 2 heterocycles. The largest absolute Gasteiger partial charge is 0.309 e. The molecule has 0 bridgehead atoms. The van der Waals surface area contributed by atoms with Crippen molar-refractivity contribution in [1.29, 1.82) is 0 Å². The summed E-state index contributed by atoms with van der Waals surface area (Å²) < 4.78 is 0. The molecule has 1 fully saturated rings. The van der Waals surface area contributed by atoms with Crippen LogP contribution >= 0.6 is 0 Å². The Kier molecular flexibility index (Phi) is 3.18. The third-order valence-electron chi connectivity index (χ3n) is 4.52. The van der Waals surface area contributed by atoms with Crippen molar-refractivity contribution in [2.24, 2.45) is 4.99 Å². The van der Waals surface area contributed by atoms with Crippen molar-refractivity contribution in [2.45, 2.75) is 32.9 Å². The lowest BCUT2D eigenvalue weighted by molar-refractivity contribution is -0.129. The van der Waals surface area contributed by atoms with E-state index in [0.29, 0.717) is 13.0 Å². The lowest BCUT2D eigenvalue weighted by Gasteiger charge is -2.43. The molecule has 2 aliphatic heterocycles. The van der Waals surface area contributed by atoms with Crippen molar-refractivity contribution < 1.29 is 4.79 Å². The predicted molar refractivity (Wildman–Crippen MR) is 91.8 cm³/mol. The summed E-state index contributed by atoms with van der Waals surface area (Å²) in [5, 5.41) is 0. The molecule has 4 rings (SSSR count). The Morgan fingerprint density at radius 2 is 1.83 bits per heavy atom. The summed E-state index contributed by atoms with van der Waals surface area (Å²) in [7, 11) is 0. The maximum atomic E-state index is 12.5. The van der Waals surface area contributed by atoms with Gasteiger partial charge in [0.2, 0.25) is 11.9 Å². The second-order valence-electron chi connectivity index (χ2n) is 6.28. The number of fused-ring (bicyclic) bond motifs is 2. The van der Waals surface area contributed by atoms with Gasteiger partial charge in [-0.1, -0.05) is 35.9 Å². The maximum absolute atomic E-state index is 12.5. The van der Waals surface area contributed by atoms with Crippen molar-refractivity contribution in [3.63, 3.8) is 0 Å². The number of guanidine groups is 1. The molecule has 0 radical (unpaired) electrons. The van der Waals surface area contributed by atoms with Gasteiger partial charge in [0.1, 0.15) is 0 Å². The third kappa shape index (κ3) is 2.31. The highest BCUT2D eigenvalue weighted by Crippen LogP contribution is 2.33. The van der Waals surface area contributed by atoms with Crippen molar-refractivity contribution in [3.8, 4) is 0 Å². The van der Waals surface area contributed by atoms with Gasteiger partial charge in [0.15, 0.2) is 0 Å². The van der Waals surface area contributed by atoms with Crippen LogP contribution in [-0.2, 0) is 11.3 Å². The minimum atomic E-state index is 0.102. The fourth-order valence-corrected chi connectivity index (χ4v) is 3.27. The summed E-state index contributed by atoms with van der Waals surface area (Å²) in [4.78, 5) is 21.3. The Morgan fingerprint density at radius 1 is 1.09 bits per heavy atom. The molecular formula is C19H19N3O. The van der Waals surface area contributed by atoms with E-state index in [1.807, 2.05) is 29.2 Å². The SMILES string of the molecule is Cc1ccc(N2C3=Nc4ccccc4CN3C(=O)CC2C)cc1. The first-order chi connectivity index (χ1) is 11.1. The average molecular weight is 305 g/mol. The molecule has 116 valence electrons. The number of carbonyl (C=O) groups is 1. The van der Waals surface area contributed by atoms with Gasteiger partial charge in [0.25, 0.3) is 0 Å². The minimum absolute atomic E-state index is 0.102. The number of rotatable bonds is 1. The lowest BCUT2D eigenvalue weighted by atomic mass is 10.0. The molecule has 0 spiro atoms. The van der Waals surface area contributed by atoms with Gasteiger partial charge in [0.05, 0.1) is 12.2 Å². The van der Waals surface area contributed by atoms with Gasteiger partial charge in [-0.25, -0.2) is 4.99 Å². The molecule has 23 heavy (non-hydrogen) atoms. The van der Waals surface area contributed by atoms with Gasteiger partial charge in [-0.2, -0.15) is 0 Å². The quantitative estimate of drug-likeness (QED) is 0.806. The Balaban J connectivity index is 1.83. The second-order valence-corrected chi connectivity index (χ2v) is 6.28. The van der Waals surface area contributed by atoms with Crippen LogP contribution < -0.4 is 4.90 Å². The molecule has 0 aromatic heterocycles. The molecule has 1 amide bonds. The number of anilines is 1. The minimum Gasteiger partial charge on any atom is -0.309 e. The van der Waals surface area contributed by atoms with E-state index in [1.165, 1.54) is 5.56 Å². The second kappa shape index (κ2) is 5.23. The number of benzene rings is 2. The Bertz CT molecular complexity index is 795. The van der Waals surface area contributed by atoms with Crippen LogP contribution in [0.1, 0.15) is 24.5 Å². The summed E-state index contributed by atoms with van der Waals surface area (Å²) >= 11 is 0. The fourth-order valence-electron chi connectivity index (χ4n) is 3.27. The third-order valence-corrected chi connectivity index (χ3v) is 4.52. The smallest absolute Gasteiger partial charge is 0.231 e. The van der Waals surface area contributed by atoms with Gasteiger partial charge >= 0.3 is 0 Å². The topological polar surface area (TPSA) is 35.9 Å². The number of nitrogens with zero attached hydrogens (tertiary/aromatic N) is 3. The fraction of sp³-hybridized carbons (Fsp3) is 0.263. The van der Waals surface area contributed by atoms with Gasteiger partial charge in [-0.15, -0.1) is 0 Å². The van der Waals surface area contributed by atoms with Crippen LogP contribution in [0, 0.1) is 6.92 Å². The predicted octanol–water partition coefficient (Wildman–Crippen LogP) is 3.62. The number of aryl methyl sites for hydroxylation is 1. The summed E-state index contributed by atoms with van der Waals surface area (Å²) in [6.45, 7) is 4.76. The molecule has 1 atom stereocenters. The van der Waals surface area contributed by atoms with Crippen molar-refractivity contribution in [3.05, 3.63) is 59.7 Å². The van der Waals surface area contributed by atoms with E-state index in [1.54, 1.807) is 0 Å². The zero-order valence-electron chi connectivity index (χ0n) is 13.4. The molecule has 4 heteroatoms. The van der Waals surface area contributed by atoms with E-state index >= 15 is 0 Å². The Morgan fingerprint density at radius 3 is 2.61 bits per heavy atom. The van der Waals surface area contributed by atoms with E-state index in [-0.39, 0.29) is 11.9 Å². The lowest BCUT2D eigenvalue weighted by Crippen LogP contribution is -2.57. The highest BCUT2D eigenvalue weighted by molar-refractivity contribution is 6.10. The number of hydrogen-bond donors (Lipinski definition) is 0. The van der Waals surface area contributed by atoms with Crippen LogP contribution in [0.15, 0.2) is 53.5 Å². The molecule has 1 unspecified atom stereocenters. The molecular weight excluding hydrogens is 286 g/mol. The van der Waals surface area contributed by atoms with Crippen LogP contribution in [0.3, 0.4) is 0 Å². The number of amides is 1. The summed E-state index contributed by atoms with van der Waals surface area (Å²) in [5.74, 6) is 0.894. The van der Waals surface area contributed by atoms with E-state index in [0.717, 1.165) is 22.9 Å². The van der Waals surface area contributed by atoms with Crippen LogP contribution in [0.25, 0.3) is 0 Å². The first kappa shape index (κ1) is 14.0. The van der Waals surface area contributed by atoms with Gasteiger partial charge in [-0.05, 0) is 37.6 Å². The summed E-state index contributed by atoms with van der Waals surface area (Å²) in [6, 6.07) is 16.5.